The fraction of sp³-hybridized carbons (Fsp3) is 0.167. The summed E-state index contributed by atoms with van der Waals surface area (Å²) in [6.07, 6.45) is 0.185. The Balaban J connectivity index is 1.84. The molecule has 6 nitrogen and oxygen atoms in total. The number of methoxy groups -OCH3 is 1. The number of hydrogen-bond acceptors (Lipinski definition) is 5. The molecule has 24 heavy (non-hydrogen) atoms. The molecule has 0 aliphatic rings. The van der Waals surface area contributed by atoms with E-state index in [1.54, 1.807) is 7.11 Å². The van der Waals surface area contributed by atoms with E-state index in [4.69, 9.17) is 10.5 Å². The van der Waals surface area contributed by atoms with Crippen molar-refractivity contribution in [2.75, 3.05) is 12.8 Å². The molecule has 3 rings (SSSR count). The number of aryl methyl sites for hydroxylation is 1. The Morgan fingerprint density at radius 2 is 1.88 bits per heavy atom. The third-order valence-corrected chi connectivity index (χ3v) is 3.77. The zero-order valence-electron chi connectivity index (χ0n) is 13.6. The summed E-state index contributed by atoms with van der Waals surface area (Å²) in [7, 11) is 1.60. The monoisotopic (exact) mass is 322 g/mol. The van der Waals surface area contributed by atoms with Crippen molar-refractivity contribution in [3.8, 4) is 17.1 Å². The first-order chi connectivity index (χ1) is 11.6. The van der Waals surface area contributed by atoms with Crippen LogP contribution in [0.4, 0.5) is 5.95 Å². The number of anilines is 1. The molecule has 0 aliphatic carbocycles. The zero-order valence-corrected chi connectivity index (χ0v) is 13.6. The first kappa shape index (κ1) is 15.7. The van der Waals surface area contributed by atoms with Gasteiger partial charge in [0.15, 0.2) is 5.82 Å². The van der Waals surface area contributed by atoms with Gasteiger partial charge in [-0.05, 0) is 30.2 Å². The molecule has 1 aromatic heterocycles. The second-order valence-corrected chi connectivity index (χ2v) is 5.44. The number of aromatic nitrogens is 3. The van der Waals surface area contributed by atoms with E-state index in [9.17, 15) is 4.79 Å². The normalized spacial score (nSPS) is 10.6. The number of carbonyl (C=O) groups excluding carboxylic acids is 1. The summed E-state index contributed by atoms with van der Waals surface area (Å²) >= 11 is 0. The number of ether oxygens (including phenoxy) is 1. The summed E-state index contributed by atoms with van der Waals surface area (Å²) in [5, 5.41) is 4.28. The smallest absolute Gasteiger partial charge is 0.254 e. The zero-order chi connectivity index (χ0) is 17.1. The van der Waals surface area contributed by atoms with Gasteiger partial charge in [0.1, 0.15) is 5.75 Å². The molecule has 0 spiro atoms. The average Bonchev–Trinajstić information content (AvgIpc) is 2.97. The number of nitrogens with two attached hydrogens (primary N) is 1. The first-order valence-electron chi connectivity index (χ1n) is 7.53. The topological polar surface area (TPSA) is 83.0 Å². The lowest BCUT2D eigenvalue weighted by atomic mass is 10.1. The number of carbonyl (C=O) groups is 1. The van der Waals surface area contributed by atoms with Crippen molar-refractivity contribution in [2.45, 2.75) is 13.3 Å². The van der Waals surface area contributed by atoms with Crippen LogP contribution in [0.3, 0.4) is 0 Å². The van der Waals surface area contributed by atoms with Gasteiger partial charge < -0.3 is 10.5 Å². The molecule has 0 atom stereocenters. The van der Waals surface area contributed by atoms with Crippen LogP contribution >= 0.6 is 0 Å². The molecule has 0 fully saturated rings. The number of nitrogen functional groups attached to an aromatic ring is 1. The van der Waals surface area contributed by atoms with Gasteiger partial charge in [-0.1, -0.05) is 36.4 Å². The summed E-state index contributed by atoms with van der Waals surface area (Å²) in [6, 6.07) is 15.0. The summed E-state index contributed by atoms with van der Waals surface area (Å²) < 4.78 is 6.27. The van der Waals surface area contributed by atoms with Crippen LogP contribution in [0.5, 0.6) is 5.75 Å². The fourth-order valence-electron chi connectivity index (χ4n) is 2.44. The molecule has 0 saturated carbocycles. The van der Waals surface area contributed by atoms with Crippen molar-refractivity contribution >= 4 is 11.9 Å². The van der Waals surface area contributed by atoms with Gasteiger partial charge in [0.2, 0.25) is 5.95 Å². The number of benzene rings is 2. The van der Waals surface area contributed by atoms with Crippen molar-refractivity contribution in [3.63, 3.8) is 0 Å². The van der Waals surface area contributed by atoms with E-state index in [-0.39, 0.29) is 18.3 Å². The van der Waals surface area contributed by atoms with Crippen molar-refractivity contribution in [3.05, 3.63) is 59.7 Å². The maximum absolute atomic E-state index is 12.5. The SMILES string of the molecule is COc1ccc(CC(=O)n2nc(-c3ccccc3C)nc2N)cc1. The number of hydrogen-bond donors (Lipinski definition) is 1. The van der Waals surface area contributed by atoms with E-state index in [0.717, 1.165) is 27.1 Å². The third kappa shape index (κ3) is 3.12. The average molecular weight is 322 g/mol. The van der Waals surface area contributed by atoms with Gasteiger partial charge in [-0.25, -0.2) is 0 Å². The summed E-state index contributed by atoms with van der Waals surface area (Å²) in [4.78, 5) is 16.7. The summed E-state index contributed by atoms with van der Waals surface area (Å²) in [6.45, 7) is 1.96. The standard InChI is InChI=1S/C18H18N4O2/c1-12-5-3-4-6-15(12)17-20-18(19)22(21-17)16(23)11-13-7-9-14(24-2)10-8-13/h3-10H,11H2,1-2H3,(H2,19,20,21). The van der Waals surface area contributed by atoms with Crippen molar-refractivity contribution in [1.82, 2.24) is 14.8 Å². The van der Waals surface area contributed by atoms with Gasteiger partial charge in [0.25, 0.3) is 5.91 Å². The molecule has 0 bridgehead atoms. The molecular formula is C18H18N4O2. The van der Waals surface area contributed by atoms with Crippen LogP contribution in [0, 0.1) is 6.92 Å². The highest BCUT2D eigenvalue weighted by molar-refractivity contribution is 5.83. The Morgan fingerprint density at radius 3 is 2.54 bits per heavy atom. The Bertz CT molecular complexity index is 869. The van der Waals surface area contributed by atoms with Gasteiger partial charge in [-0.3, -0.25) is 4.79 Å². The van der Waals surface area contributed by atoms with E-state index < -0.39 is 0 Å². The van der Waals surface area contributed by atoms with Gasteiger partial charge in [-0.2, -0.15) is 9.67 Å². The molecule has 0 unspecified atom stereocenters. The van der Waals surface area contributed by atoms with E-state index in [0.29, 0.717) is 5.82 Å². The van der Waals surface area contributed by atoms with Crippen LogP contribution in [-0.4, -0.2) is 27.8 Å². The highest BCUT2D eigenvalue weighted by Gasteiger charge is 2.16. The molecular weight excluding hydrogens is 304 g/mol. The minimum Gasteiger partial charge on any atom is -0.497 e. The van der Waals surface area contributed by atoms with Crippen LogP contribution in [0.2, 0.25) is 0 Å². The minimum absolute atomic E-state index is 0.0896. The maximum Gasteiger partial charge on any atom is 0.254 e. The lowest BCUT2D eigenvalue weighted by molar-refractivity contribution is 0.0901. The largest absolute Gasteiger partial charge is 0.497 e. The highest BCUT2D eigenvalue weighted by Crippen LogP contribution is 2.21. The molecule has 2 N–H and O–H groups in total. The Morgan fingerprint density at radius 1 is 1.17 bits per heavy atom. The second kappa shape index (κ2) is 6.54. The highest BCUT2D eigenvalue weighted by atomic mass is 16.5. The van der Waals surface area contributed by atoms with Gasteiger partial charge in [0.05, 0.1) is 13.5 Å². The molecule has 1 heterocycles. The molecule has 3 aromatic rings. The van der Waals surface area contributed by atoms with E-state index in [2.05, 4.69) is 10.1 Å². The van der Waals surface area contributed by atoms with E-state index in [1.807, 2.05) is 55.5 Å². The summed E-state index contributed by atoms with van der Waals surface area (Å²) in [5.74, 6) is 1.05. The molecule has 2 aromatic carbocycles. The summed E-state index contributed by atoms with van der Waals surface area (Å²) in [5.41, 5.74) is 8.62. The van der Waals surface area contributed by atoms with Crippen molar-refractivity contribution < 1.29 is 9.53 Å². The quantitative estimate of drug-likeness (QED) is 0.798. The lowest BCUT2D eigenvalue weighted by Gasteiger charge is -2.04. The van der Waals surface area contributed by atoms with Gasteiger partial charge in [-0.15, -0.1) is 5.10 Å². The molecule has 6 heteroatoms. The second-order valence-electron chi connectivity index (χ2n) is 5.44. The molecule has 0 aliphatic heterocycles. The molecule has 122 valence electrons. The first-order valence-corrected chi connectivity index (χ1v) is 7.53. The molecule has 0 amide bonds. The minimum atomic E-state index is -0.231. The van der Waals surface area contributed by atoms with Crippen molar-refractivity contribution in [2.24, 2.45) is 0 Å². The third-order valence-electron chi connectivity index (χ3n) is 3.77. The predicted molar refractivity (Wildman–Crippen MR) is 91.9 cm³/mol. The Hall–Kier alpha value is -3.15. The number of nitrogens with zero attached hydrogens (tertiary/aromatic N) is 3. The number of rotatable bonds is 4. The lowest BCUT2D eigenvalue weighted by Crippen LogP contribution is -2.17. The Labute approximate surface area is 139 Å². The fourth-order valence-corrected chi connectivity index (χ4v) is 2.44. The van der Waals surface area contributed by atoms with E-state index in [1.165, 1.54) is 0 Å². The van der Waals surface area contributed by atoms with Gasteiger partial charge >= 0.3 is 0 Å². The van der Waals surface area contributed by atoms with Gasteiger partial charge in [0, 0.05) is 5.56 Å². The van der Waals surface area contributed by atoms with Crippen LogP contribution < -0.4 is 10.5 Å². The van der Waals surface area contributed by atoms with Crippen LogP contribution in [0.15, 0.2) is 48.5 Å². The molecule has 0 radical (unpaired) electrons. The van der Waals surface area contributed by atoms with Crippen LogP contribution in [0.25, 0.3) is 11.4 Å². The molecule has 0 saturated heterocycles. The van der Waals surface area contributed by atoms with E-state index >= 15 is 0 Å². The maximum atomic E-state index is 12.5. The van der Waals surface area contributed by atoms with Crippen LogP contribution in [-0.2, 0) is 6.42 Å². The Kier molecular flexibility index (Phi) is 4.29. The van der Waals surface area contributed by atoms with Crippen LogP contribution in [0.1, 0.15) is 15.9 Å². The van der Waals surface area contributed by atoms with Crippen molar-refractivity contribution in [1.29, 1.82) is 0 Å². The predicted octanol–water partition coefficient (Wildman–Crippen LogP) is 2.73.